The van der Waals surface area contributed by atoms with Crippen LogP contribution in [0.25, 0.3) is 0 Å². The molecule has 0 radical (unpaired) electrons. The Hall–Kier alpha value is -3.83. The second-order valence-electron chi connectivity index (χ2n) is 20.6. The third-order valence-corrected chi connectivity index (χ3v) is 14.9. The first-order valence-corrected chi connectivity index (χ1v) is 29.3. The molecule has 0 saturated carbocycles. The van der Waals surface area contributed by atoms with Crippen LogP contribution in [-0.4, -0.2) is 68.0 Å². The molecule has 0 heterocycles. The monoisotopic (exact) mass is 1060 g/mol. The summed E-state index contributed by atoms with van der Waals surface area (Å²) in [6.07, 6.45) is 31.4. The summed E-state index contributed by atoms with van der Waals surface area (Å²) in [6.45, 7) is 5.13. The first-order chi connectivity index (χ1) is 35.4. The van der Waals surface area contributed by atoms with Crippen LogP contribution in [0, 0.1) is 5.92 Å². The van der Waals surface area contributed by atoms with E-state index in [-0.39, 0.29) is 62.8 Å². The molecule has 3 atom stereocenters. The van der Waals surface area contributed by atoms with Gasteiger partial charge in [0.2, 0.25) is 6.79 Å². The number of hydrogen-bond acceptors (Lipinski definition) is 10. The molecule has 2 aromatic rings. The Morgan fingerprint density at radius 1 is 0.534 bits per heavy atom. The number of benzene rings is 2. The van der Waals surface area contributed by atoms with Crippen LogP contribution in [0.2, 0.25) is 10.0 Å². The standard InChI is InChI=1S/C60H93Cl2NO10/c1-5-7-9-11-13-15-17-19-21-23-25-27-29-35-56(64)69-44-49(45-70-57(65)36-30-28-26-24-22-20-18-16-14-12-10-8-6-2)73-59(67)42-47(3)41-58(66)71-46-72-60(68)63(4)55-40-38-50(51-33-31-32-34-52(51)55)48-37-39-53(61)54(62)43-48/h31-34,37,39,43,47,49-50,55H,5-30,35-36,38,40-42,44-46H2,1-4H3/t47?,50-,55-/m0/s1. The zero-order valence-corrected chi connectivity index (χ0v) is 46.9. The minimum absolute atomic E-state index is 0.0835. The summed E-state index contributed by atoms with van der Waals surface area (Å²) in [7, 11) is 1.66. The van der Waals surface area contributed by atoms with Gasteiger partial charge in [0.15, 0.2) is 6.10 Å². The Morgan fingerprint density at radius 3 is 1.47 bits per heavy atom. The number of carbonyl (C=O) groups is 5. The third kappa shape index (κ3) is 28.0. The maximum Gasteiger partial charge on any atom is 0.412 e. The van der Waals surface area contributed by atoms with Crippen molar-refractivity contribution < 1.29 is 47.7 Å². The zero-order valence-electron chi connectivity index (χ0n) is 45.4. The van der Waals surface area contributed by atoms with E-state index in [9.17, 15) is 24.0 Å². The lowest BCUT2D eigenvalue weighted by atomic mass is 9.76. The molecule has 1 aliphatic rings. The van der Waals surface area contributed by atoms with Crippen LogP contribution in [0.3, 0.4) is 0 Å². The van der Waals surface area contributed by atoms with Crippen LogP contribution in [0.1, 0.15) is 255 Å². The van der Waals surface area contributed by atoms with Gasteiger partial charge in [0.05, 0.1) is 16.1 Å². The first-order valence-electron chi connectivity index (χ1n) is 28.5. The fourth-order valence-corrected chi connectivity index (χ4v) is 10.1. The van der Waals surface area contributed by atoms with E-state index >= 15 is 0 Å². The highest BCUT2D eigenvalue weighted by atomic mass is 35.5. The van der Waals surface area contributed by atoms with Crippen LogP contribution in [0.5, 0.6) is 0 Å². The molecular weight excluding hydrogens is 966 g/mol. The lowest BCUT2D eigenvalue weighted by molar-refractivity contribution is -0.168. The molecule has 0 fully saturated rings. The number of fused-ring (bicyclic) bond motifs is 1. The van der Waals surface area contributed by atoms with E-state index in [0.717, 1.165) is 74.5 Å². The van der Waals surface area contributed by atoms with Crippen molar-refractivity contribution in [3.63, 3.8) is 0 Å². The maximum atomic E-state index is 13.2. The van der Waals surface area contributed by atoms with Gasteiger partial charge >= 0.3 is 30.0 Å². The summed E-state index contributed by atoms with van der Waals surface area (Å²) >= 11 is 12.5. The van der Waals surface area contributed by atoms with Gasteiger partial charge in [-0.15, -0.1) is 0 Å². The van der Waals surface area contributed by atoms with Gasteiger partial charge in [-0.25, -0.2) is 4.79 Å². The van der Waals surface area contributed by atoms with Gasteiger partial charge in [-0.3, -0.25) is 19.2 Å². The van der Waals surface area contributed by atoms with Gasteiger partial charge in [0.25, 0.3) is 0 Å². The van der Waals surface area contributed by atoms with Crippen molar-refractivity contribution in [3.05, 3.63) is 69.2 Å². The number of rotatable bonds is 41. The van der Waals surface area contributed by atoms with Crippen LogP contribution >= 0.6 is 23.2 Å². The van der Waals surface area contributed by atoms with Crippen molar-refractivity contribution in [2.45, 2.75) is 244 Å². The van der Waals surface area contributed by atoms with E-state index in [1.165, 1.54) is 120 Å². The molecule has 2 aromatic carbocycles. The second kappa shape index (κ2) is 39.6. The maximum absolute atomic E-state index is 13.2. The number of hydrogen-bond donors (Lipinski definition) is 0. The van der Waals surface area contributed by atoms with E-state index in [2.05, 4.69) is 19.9 Å². The number of esters is 4. The molecule has 0 N–H and O–H groups in total. The van der Waals surface area contributed by atoms with Gasteiger partial charge in [-0.2, -0.15) is 0 Å². The minimum atomic E-state index is -0.993. The summed E-state index contributed by atoms with van der Waals surface area (Å²) in [5.74, 6) is -2.46. The molecule has 0 aliphatic heterocycles. The zero-order chi connectivity index (χ0) is 52.9. The van der Waals surface area contributed by atoms with Crippen molar-refractivity contribution >= 4 is 53.2 Å². The first kappa shape index (κ1) is 63.5. The van der Waals surface area contributed by atoms with Crippen LogP contribution < -0.4 is 0 Å². The normalized spacial score (nSPS) is 14.6. The van der Waals surface area contributed by atoms with Gasteiger partial charge in [0.1, 0.15) is 13.2 Å². The quantitative estimate of drug-likeness (QED) is 0.0274. The molecule has 1 unspecified atom stereocenters. The number of ether oxygens (including phenoxy) is 5. The molecular formula is C60H93Cl2NO10. The number of amides is 1. The fourth-order valence-electron chi connectivity index (χ4n) is 9.76. The van der Waals surface area contributed by atoms with Crippen molar-refractivity contribution in [3.8, 4) is 0 Å². The summed E-state index contributed by atoms with van der Waals surface area (Å²) in [4.78, 5) is 66.1. The Balaban J connectivity index is 1.39. The predicted octanol–water partition coefficient (Wildman–Crippen LogP) is 16.9. The molecule has 11 nitrogen and oxygen atoms in total. The van der Waals surface area contributed by atoms with Crippen molar-refractivity contribution in [2.75, 3.05) is 27.1 Å². The van der Waals surface area contributed by atoms with Crippen molar-refractivity contribution in [2.24, 2.45) is 5.92 Å². The van der Waals surface area contributed by atoms with E-state index in [1.54, 1.807) is 20.0 Å². The van der Waals surface area contributed by atoms with Crippen LogP contribution in [-0.2, 0) is 42.9 Å². The van der Waals surface area contributed by atoms with Gasteiger partial charge in [-0.05, 0) is 60.4 Å². The molecule has 0 aromatic heterocycles. The highest BCUT2D eigenvalue weighted by molar-refractivity contribution is 6.42. The lowest BCUT2D eigenvalue weighted by Crippen LogP contribution is -2.35. The smallest absolute Gasteiger partial charge is 0.412 e. The topological polar surface area (TPSA) is 135 Å². The SMILES string of the molecule is CCCCCCCCCCCCCCCC(=O)OCC(COC(=O)CCCCCCCCCCCCCCC)OC(=O)CC(C)CC(=O)OCOC(=O)N(C)[C@H]1CC[C@@H](c2ccc(Cl)c(Cl)c2)c2ccccc21. The Labute approximate surface area is 450 Å². The average Bonchev–Trinajstić information content (AvgIpc) is 3.37. The Bertz CT molecular complexity index is 1810. The van der Waals surface area contributed by atoms with Crippen molar-refractivity contribution in [1.29, 1.82) is 0 Å². The Kier molecular flexibility index (Phi) is 34.4. The van der Waals surface area contributed by atoms with E-state index in [0.29, 0.717) is 16.5 Å². The molecule has 1 aliphatic carbocycles. The van der Waals surface area contributed by atoms with Crippen LogP contribution in [0.4, 0.5) is 4.79 Å². The van der Waals surface area contributed by atoms with E-state index < -0.39 is 36.8 Å². The van der Waals surface area contributed by atoms with Gasteiger partial charge < -0.3 is 28.6 Å². The lowest BCUT2D eigenvalue weighted by Gasteiger charge is -2.36. The van der Waals surface area contributed by atoms with Gasteiger partial charge in [-0.1, -0.05) is 228 Å². The largest absolute Gasteiger partial charge is 0.462 e. The number of carbonyl (C=O) groups excluding carboxylic acids is 5. The summed E-state index contributed by atoms with van der Waals surface area (Å²) in [5, 5.41) is 0.986. The molecule has 13 heteroatoms. The molecule has 0 spiro atoms. The summed E-state index contributed by atoms with van der Waals surface area (Å²) in [5.41, 5.74) is 3.13. The molecule has 412 valence electrons. The number of halogens is 2. The second-order valence-corrected chi connectivity index (χ2v) is 21.4. The highest BCUT2D eigenvalue weighted by Crippen LogP contribution is 2.44. The summed E-state index contributed by atoms with van der Waals surface area (Å²) in [6, 6.07) is 13.4. The number of unbranched alkanes of at least 4 members (excludes halogenated alkanes) is 24. The molecule has 0 saturated heterocycles. The number of nitrogens with zero attached hydrogens (tertiary/aromatic N) is 1. The molecule has 0 bridgehead atoms. The Morgan fingerprint density at radius 2 is 0.986 bits per heavy atom. The van der Waals surface area contributed by atoms with Gasteiger partial charge in [0, 0.05) is 38.6 Å². The van der Waals surface area contributed by atoms with Crippen molar-refractivity contribution in [1.82, 2.24) is 4.90 Å². The van der Waals surface area contributed by atoms with Crippen LogP contribution in [0.15, 0.2) is 42.5 Å². The molecule has 3 rings (SSSR count). The molecule has 73 heavy (non-hydrogen) atoms. The molecule has 1 amide bonds. The average molecular weight is 1060 g/mol. The third-order valence-electron chi connectivity index (χ3n) is 14.1. The van der Waals surface area contributed by atoms with E-state index in [1.807, 2.05) is 30.3 Å². The minimum Gasteiger partial charge on any atom is -0.462 e. The highest BCUT2D eigenvalue weighted by Gasteiger charge is 2.33. The van der Waals surface area contributed by atoms with E-state index in [4.69, 9.17) is 46.9 Å². The predicted molar refractivity (Wildman–Crippen MR) is 293 cm³/mol. The summed E-state index contributed by atoms with van der Waals surface area (Å²) < 4.78 is 27.4. The fraction of sp³-hybridized carbons (Fsp3) is 0.717.